The van der Waals surface area contributed by atoms with Crippen LogP contribution in [0.3, 0.4) is 0 Å². The smallest absolute Gasteiger partial charge is 0.197 e. The fourth-order valence-corrected chi connectivity index (χ4v) is 2.83. The molecule has 0 aromatic heterocycles. The van der Waals surface area contributed by atoms with Crippen LogP contribution in [0.5, 0.6) is 5.75 Å². The Hall–Kier alpha value is -1.39. The lowest BCUT2D eigenvalue weighted by Gasteiger charge is -2.15. The molecule has 110 valence electrons. The van der Waals surface area contributed by atoms with E-state index < -0.39 is 5.82 Å². The van der Waals surface area contributed by atoms with Gasteiger partial charge in [-0.25, -0.2) is 4.39 Å². The lowest BCUT2D eigenvalue weighted by molar-refractivity contribution is 0.103. The van der Waals surface area contributed by atoms with Crippen LogP contribution in [0.1, 0.15) is 27.0 Å². The van der Waals surface area contributed by atoms with E-state index in [-0.39, 0.29) is 16.4 Å². The summed E-state index contributed by atoms with van der Waals surface area (Å²) in [5.41, 5.74) is 2.23. The molecule has 0 unspecified atom stereocenters. The second-order valence-electron chi connectivity index (χ2n) is 4.67. The minimum Gasteiger partial charge on any atom is -0.496 e. The fourth-order valence-electron chi connectivity index (χ4n) is 2.17. The van der Waals surface area contributed by atoms with Gasteiger partial charge in [0.2, 0.25) is 0 Å². The van der Waals surface area contributed by atoms with Crippen LogP contribution < -0.4 is 4.74 Å². The van der Waals surface area contributed by atoms with Crippen molar-refractivity contribution >= 4 is 33.3 Å². The largest absolute Gasteiger partial charge is 0.496 e. The Morgan fingerprint density at radius 3 is 2.52 bits per heavy atom. The van der Waals surface area contributed by atoms with Crippen LogP contribution in [0.25, 0.3) is 0 Å². The van der Waals surface area contributed by atoms with Gasteiger partial charge in [-0.2, -0.15) is 0 Å². The van der Waals surface area contributed by atoms with Gasteiger partial charge in [0, 0.05) is 10.0 Å². The molecule has 0 radical (unpaired) electrons. The number of ether oxygens (including phenoxy) is 1. The third kappa shape index (κ3) is 2.97. The molecule has 2 aromatic carbocycles. The van der Waals surface area contributed by atoms with E-state index in [9.17, 15) is 9.18 Å². The molecule has 0 saturated heterocycles. The molecule has 0 atom stereocenters. The minimum absolute atomic E-state index is 0.0133. The van der Waals surface area contributed by atoms with Crippen molar-refractivity contribution in [3.8, 4) is 5.75 Å². The van der Waals surface area contributed by atoms with E-state index in [2.05, 4.69) is 15.9 Å². The van der Waals surface area contributed by atoms with Crippen LogP contribution in [0.4, 0.5) is 4.39 Å². The number of benzene rings is 2. The summed E-state index contributed by atoms with van der Waals surface area (Å²) in [6.07, 6.45) is 0. The summed E-state index contributed by atoms with van der Waals surface area (Å²) in [5.74, 6) is -0.425. The van der Waals surface area contributed by atoms with Crippen LogP contribution >= 0.6 is 27.5 Å². The SMILES string of the molecule is COc1c(C)cc(Br)c(C)c1C(=O)c1ccc(Cl)c(F)c1. The maximum atomic E-state index is 13.6. The lowest BCUT2D eigenvalue weighted by Crippen LogP contribution is -2.08. The third-order valence-corrected chi connectivity index (χ3v) is 4.40. The molecular weight excluding hydrogens is 359 g/mol. The van der Waals surface area contributed by atoms with E-state index >= 15 is 0 Å². The molecule has 0 aliphatic rings. The molecule has 0 aliphatic heterocycles. The number of ketones is 1. The van der Waals surface area contributed by atoms with E-state index in [1.165, 1.54) is 19.2 Å². The number of carbonyl (C=O) groups excluding carboxylic acids is 1. The quantitative estimate of drug-likeness (QED) is 0.702. The monoisotopic (exact) mass is 370 g/mol. The predicted octanol–water partition coefficient (Wildman–Crippen LogP) is 5.10. The van der Waals surface area contributed by atoms with Gasteiger partial charge in [0.05, 0.1) is 17.7 Å². The first kappa shape index (κ1) is 16.0. The zero-order valence-corrected chi connectivity index (χ0v) is 14.1. The Kier molecular flexibility index (Phi) is 4.69. The van der Waals surface area contributed by atoms with Crippen LogP contribution in [-0.4, -0.2) is 12.9 Å². The van der Waals surface area contributed by atoms with Gasteiger partial charge in [0.1, 0.15) is 11.6 Å². The van der Waals surface area contributed by atoms with E-state index in [4.69, 9.17) is 16.3 Å². The first-order valence-electron chi connectivity index (χ1n) is 6.20. The van der Waals surface area contributed by atoms with Gasteiger partial charge in [-0.1, -0.05) is 27.5 Å². The van der Waals surface area contributed by atoms with Crippen molar-refractivity contribution in [2.24, 2.45) is 0 Å². The Balaban J connectivity index is 2.65. The number of halogens is 3. The molecular formula is C16H13BrClFO2. The average Bonchev–Trinajstić information content (AvgIpc) is 2.44. The third-order valence-electron chi connectivity index (χ3n) is 3.27. The highest BCUT2D eigenvalue weighted by Crippen LogP contribution is 2.34. The van der Waals surface area contributed by atoms with Crippen molar-refractivity contribution in [3.63, 3.8) is 0 Å². The molecule has 2 aromatic rings. The predicted molar refractivity (Wildman–Crippen MR) is 85.0 cm³/mol. The van der Waals surface area contributed by atoms with Gasteiger partial charge in [-0.15, -0.1) is 0 Å². The topological polar surface area (TPSA) is 26.3 Å². The summed E-state index contributed by atoms with van der Waals surface area (Å²) in [6.45, 7) is 3.66. The molecule has 0 saturated carbocycles. The van der Waals surface area contributed by atoms with Gasteiger partial charge in [-0.3, -0.25) is 4.79 Å². The van der Waals surface area contributed by atoms with Crippen molar-refractivity contribution in [2.75, 3.05) is 7.11 Å². The van der Waals surface area contributed by atoms with Crippen molar-refractivity contribution in [1.82, 2.24) is 0 Å². The Labute approximate surface area is 136 Å². The van der Waals surface area contributed by atoms with Crippen molar-refractivity contribution in [3.05, 3.63) is 61.8 Å². The summed E-state index contributed by atoms with van der Waals surface area (Å²) in [5, 5.41) is -0.0133. The zero-order chi connectivity index (χ0) is 15.7. The van der Waals surface area contributed by atoms with E-state index in [0.29, 0.717) is 11.3 Å². The molecule has 2 nitrogen and oxygen atoms in total. The summed E-state index contributed by atoms with van der Waals surface area (Å²) in [6, 6.07) is 5.90. The van der Waals surface area contributed by atoms with Crippen LogP contribution in [-0.2, 0) is 0 Å². The summed E-state index contributed by atoms with van der Waals surface area (Å²) < 4.78 is 19.7. The second-order valence-corrected chi connectivity index (χ2v) is 5.93. The van der Waals surface area contributed by atoms with E-state index in [0.717, 1.165) is 21.7 Å². The normalized spacial score (nSPS) is 10.6. The summed E-state index contributed by atoms with van der Waals surface area (Å²) in [4.78, 5) is 12.7. The molecule has 0 spiro atoms. The van der Waals surface area contributed by atoms with Gasteiger partial charge in [0.25, 0.3) is 0 Å². The van der Waals surface area contributed by atoms with Crippen LogP contribution in [0.2, 0.25) is 5.02 Å². The summed E-state index contributed by atoms with van der Waals surface area (Å²) in [7, 11) is 1.51. The number of hydrogen-bond donors (Lipinski definition) is 0. The van der Waals surface area contributed by atoms with Crippen molar-refractivity contribution in [1.29, 1.82) is 0 Å². The van der Waals surface area contributed by atoms with Crippen molar-refractivity contribution in [2.45, 2.75) is 13.8 Å². The van der Waals surface area contributed by atoms with Crippen LogP contribution in [0, 0.1) is 19.7 Å². The molecule has 0 heterocycles. The minimum atomic E-state index is -0.620. The maximum absolute atomic E-state index is 13.6. The van der Waals surface area contributed by atoms with Crippen molar-refractivity contribution < 1.29 is 13.9 Å². The first-order valence-corrected chi connectivity index (χ1v) is 7.37. The van der Waals surface area contributed by atoms with Gasteiger partial charge in [-0.05, 0) is 49.2 Å². The number of methoxy groups -OCH3 is 1. The molecule has 0 N–H and O–H groups in total. The molecule has 0 bridgehead atoms. The number of aryl methyl sites for hydroxylation is 1. The molecule has 2 rings (SSSR count). The van der Waals surface area contributed by atoms with E-state index in [1.54, 1.807) is 0 Å². The highest BCUT2D eigenvalue weighted by molar-refractivity contribution is 9.10. The second kappa shape index (κ2) is 6.16. The van der Waals surface area contributed by atoms with Gasteiger partial charge < -0.3 is 4.74 Å². The fraction of sp³-hybridized carbons (Fsp3) is 0.188. The van der Waals surface area contributed by atoms with Crippen LogP contribution in [0.15, 0.2) is 28.7 Å². The zero-order valence-electron chi connectivity index (χ0n) is 11.8. The van der Waals surface area contributed by atoms with Gasteiger partial charge >= 0.3 is 0 Å². The Bertz CT molecular complexity index is 729. The average molecular weight is 372 g/mol. The molecule has 0 aliphatic carbocycles. The molecule has 0 amide bonds. The number of hydrogen-bond acceptors (Lipinski definition) is 2. The Morgan fingerprint density at radius 1 is 1.29 bits per heavy atom. The Morgan fingerprint density at radius 2 is 1.95 bits per heavy atom. The lowest BCUT2D eigenvalue weighted by atomic mass is 9.96. The summed E-state index contributed by atoms with van der Waals surface area (Å²) >= 11 is 9.08. The van der Waals surface area contributed by atoms with E-state index in [1.807, 2.05) is 19.9 Å². The number of rotatable bonds is 3. The van der Waals surface area contributed by atoms with Gasteiger partial charge in [0.15, 0.2) is 5.78 Å². The highest BCUT2D eigenvalue weighted by Gasteiger charge is 2.21. The maximum Gasteiger partial charge on any atom is 0.197 e. The standard InChI is InChI=1S/C16H13BrClFO2/c1-8-6-11(17)9(2)14(16(8)21-3)15(20)10-4-5-12(18)13(19)7-10/h4-7H,1-3H3. The first-order chi connectivity index (χ1) is 9.86. The highest BCUT2D eigenvalue weighted by atomic mass is 79.9. The molecule has 5 heteroatoms. The molecule has 21 heavy (non-hydrogen) atoms. The molecule has 0 fully saturated rings. The number of carbonyl (C=O) groups is 1.